The third-order valence-corrected chi connectivity index (χ3v) is 3.93. The second kappa shape index (κ2) is 5.95. The zero-order valence-corrected chi connectivity index (χ0v) is 12.8. The molecule has 8 heteroatoms. The Hall–Kier alpha value is -2.90. The molecule has 1 fully saturated rings. The zero-order chi connectivity index (χ0) is 17.3. The predicted molar refractivity (Wildman–Crippen MR) is 82.1 cm³/mol. The van der Waals surface area contributed by atoms with Crippen molar-refractivity contribution in [3.05, 3.63) is 48.3 Å². The summed E-state index contributed by atoms with van der Waals surface area (Å²) in [6.07, 6.45) is 3.33. The fourth-order valence-corrected chi connectivity index (χ4v) is 2.69. The summed E-state index contributed by atoms with van der Waals surface area (Å²) in [4.78, 5) is 34.1. The Kier molecular flexibility index (Phi) is 3.96. The molecule has 124 valence electrons. The number of rotatable bonds is 3. The second-order valence-electron chi connectivity index (χ2n) is 5.66. The van der Waals surface area contributed by atoms with Crippen molar-refractivity contribution < 1.29 is 18.4 Å². The Labute approximate surface area is 136 Å². The van der Waals surface area contributed by atoms with Crippen molar-refractivity contribution in [2.75, 3.05) is 10.2 Å². The van der Waals surface area contributed by atoms with E-state index in [0.29, 0.717) is 6.07 Å². The summed E-state index contributed by atoms with van der Waals surface area (Å²) < 4.78 is 26.6. The summed E-state index contributed by atoms with van der Waals surface area (Å²) in [6, 6.07) is 4.31. The van der Waals surface area contributed by atoms with Gasteiger partial charge in [0.2, 0.25) is 11.9 Å². The van der Waals surface area contributed by atoms with Crippen LogP contribution >= 0.6 is 0 Å². The molecule has 0 saturated carbocycles. The van der Waals surface area contributed by atoms with Crippen LogP contribution in [0.15, 0.2) is 36.7 Å². The maximum Gasteiger partial charge on any atom is 0.250 e. The molecule has 0 unspecified atom stereocenters. The summed E-state index contributed by atoms with van der Waals surface area (Å²) in [5.41, 5.74) is -1.27. The van der Waals surface area contributed by atoms with Crippen molar-refractivity contribution in [2.24, 2.45) is 0 Å². The molecule has 2 heterocycles. The lowest BCUT2D eigenvalue weighted by Gasteiger charge is -2.32. The number of carbonyl (C=O) groups excluding carboxylic acids is 2. The molecule has 1 N–H and O–H groups in total. The number of benzene rings is 1. The van der Waals surface area contributed by atoms with Gasteiger partial charge in [-0.05, 0) is 31.5 Å². The number of anilines is 2. The van der Waals surface area contributed by atoms with E-state index in [0.717, 1.165) is 12.1 Å². The fourth-order valence-electron chi connectivity index (χ4n) is 2.69. The highest BCUT2D eigenvalue weighted by Gasteiger charge is 2.49. The van der Waals surface area contributed by atoms with Crippen LogP contribution in [-0.4, -0.2) is 27.3 Å². The standard InChI is InChI=1S/C16H14F2N4O2/c1-16(14(24)21-12-8-10(17)7-11(18)9-12)4-3-13(23)22(16)15-19-5-2-6-20-15/h2,5-9H,3-4H2,1H3,(H,21,24)/t16-/m0/s1. The van der Waals surface area contributed by atoms with Crippen LogP contribution in [0.4, 0.5) is 20.4 Å². The van der Waals surface area contributed by atoms with Gasteiger partial charge in [0.15, 0.2) is 0 Å². The quantitative estimate of drug-likeness (QED) is 0.936. The van der Waals surface area contributed by atoms with Gasteiger partial charge in [0.05, 0.1) is 0 Å². The molecule has 1 atom stereocenters. The molecular formula is C16H14F2N4O2. The summed E-state index contributed by atoms with van der Waals surface area (Å²) in [5, 5.41) is 2.46. The van der Waals surface area contributed by atoms with Crippen LogP contribution in [0, 0.1) is 11.6 Å². The summed E-state index contributed by atoms with van der Waals surface area (Å²) in [6.45, 7) is 1.57. The molecule has 1 aliphatic rings. The highest BCUT2D eigenvalue weighted by atomic mass is 19.1. The molecule has 1 aromatic carbocycles. The number of nitrogens with zero attached hydrogens (tertiary/aromatic N) is 3. The molecule has 3 rings (SSSR count). The third-order valence-electron chi connectivity index (χ3n) is 3.93. The van der Waals surface area contributed by atoms with E-state index in [4.69, 9.17) is 0 Å². The number of aromatic nitrogens is 2. The van der Waals surface area contributed by atoms with Crippen LogP contribution in [0.3, 0.4) is 0 Å². The van der Waals surface area contributed by atoms with E-state index >= 15 is 0 Å². The van der Waals surface area contributed by atoms with E-state index in [1.54, 1.807) is 13.0 Å². The molecular weight excluding hydrogens is 318 g/mol. The molecule has 1 aromatic heterocycles. The van der Waals surface area contributed by atoms with Gasteiger partial charge >= 0.3 is 0 Å². The molecule has 0 radical (unpaired) electrons. The van der Waals surface area contributed by atoms with Gasteiger partial charge in [0.1, 0.15) is 17.2 Å². The smallest absolute Gasteiger partial charge is 0.250 e. The van der Waals surface area contributed by atoms with E-state index in [1.165, 1.54) is 17.3 Å². The van der Waals surface area contributed by atoms with Gasteiger partial charge in [-0.2, -0.15) is 0 Å². The first-order chi connectivity index (χ1) is 11.4. The Morgan fingerprint density at radius 3 is 2.46 bits per heavy atom. The second-order valence-corrected chi connectivity index (χ2v) is 5.66. The van der Waals surface area contributed by atoms with Gasteiger partial charge in [-0.25, -0.2) is 18.7 Å². The van der Waals surface area contributed by atoms with Crippen LogP contribution < -0.4 is 10.2 Å². The summed E-state index contributed by atoms with van der Waals surface area (Å²) >= 11 is 0. The Bertz CT molecular complexity index is 780. The Morgan fingerprint density at radius 1 is 1.21 bits per heavy atom. The van der Waals surface area contributed by atoms with Crippen molar-refractivity contribution in [3.63, 3.8) is 0 Å². The molecule has 0 bridgehead atoms. The molecule has 2 amide bonds. The number of hydrogen-bond acceptors (Lipinski definition) is 4. The first-order valence-corrected chi connectivity index (χ1v) is 7.28. The monoisotopic (exact) mass is 332 g/mol. The highest BCUT2D eigenvalue weighted by Crippen LogP contribution is 2.34. The number of hydrogen-bond donors (Lipinski definition) is 1. The average Bonchev–Trinajstić information content (AvgIpc) is 2.83. The van der Waals surface area contributed by atoms with Crippen LogP contribution in [0.1, 0.15) is 19.8 Å². The van der Waals surface area contributed by atoms with Crippen molar-refractivity contribution in [2.45, 2.75) is 25.3 Å². The largest absolute Gasteiger partial charge is 0.324 e. The number of amides is 2. The normalized spacial score (nSPS) is 20.3. The Balaban J connectivity index is 1.90. The van der Waals surface area contributed by atoms with Crippen LogP contribution in [0.2, 0.25) is 0 Å². The first-order valence-electron chi connectivity index (χ1n) is 7.28. The van der Waals surface area contributed by atoms with E-state index in [-0.39, 0.29) is 30.4 Å². The minimum atomic E-state index is -1.25. The van der Waals surface area contributed by atoms with Gasteiger partial charge in [-0.15, -0.1) is 0 Å². The lowest BCUT2D eigenvalue weighted by Crippen LogP contribution is -2.53. The third kappa shape index (κ3) is 2.82. The van der Waals surface area contributed by atoms with Gasteiger partial charge in [-0.1, -0.05) is 0 Å². The van der Waals surface area contributed by atoms with Crippen LogP contribution in [-0.2, 0) is 9.59 Å². The topological polar surface area (TPSA) is 75.2 Å². The molecule has 6 nitrogen and oxygen atoms in total. The maximum absolute atomic E-state index is 13.3. The highest BCUT2D eigenvalue weighted by molar-refractivity contribution is 6.09. The molecule has 2 aromatic rings. The molecule has 0 aliphatic carbocycles. The number of nitrogens with one attached hydrogen (secondary N) is 1. The van der Waals surface area contributed by atoms with E-state index in [2.05, 4.69) is 15.3 Å². The summed E-state index contributed by atoms with van der Waals surface area (Å²) in [7, 11) is 0. The van der Waals surface area contributed by atoms with Crippen LogP contribution in [0.25, 0.3) is 0 Å². The Morgan fingerprint density at radius 2 is 1.83 bits per heavy atom. The van der Waals surface area contributed by atoms with Gasteiger partial charge in [-0.3, -0.25) is 14.5 Å². The fraction of sp³-hybridized carbons (Fsp3) is 0.250. The minimum Gasteiger partial charge on any atom is -0.324 e. The van der Waals surface area contributed by atoms with Gasteiger partial charge in [0, 0.05) is 30.6 Å². The maximum atomic E-state index is 13.3. The average molecular weight is 332 g/mol. The predicted octanol–water partition coefficient (Wildman–Crippen LogP) is 2.28. The lowest BCUT2D eigenvalue weighted by molar-refractivity contribution is -0.123. The molecule has 24 heavy (non-hydrogen) atoms. The SMILES string of the molecule is C[C@@]1(C(=O)Nc2cc(F)cc(F)c2)CCC(=O)N1c1ncccn1. The van der Waals surface area contributed by atoms with E-state index < -0.39 is 23.1 Å². The molecule has 0 spiro atoms. The van der Waals surface area contributed by atoms with Crippen molar-refractivity contribution in [1.82, 2.24) is 9.97 Å². The molecule has 1 aliphatic heterocycles. The van der Waals surface area contributed by atoms with Gasteiger partial charge < -0.3 is 5.32 Å². The lowest BCUT2D eigenvalue weighted by atomic mass is 9.97. The molecule has 1 saturated heterocycles. The van der Waals surface area contributed by atoms with E-state index in [9.17, 15) is 18.4 Å². The van der Waals surface area contributed by atoms with Crippen molar-refractivity contribution in [1.29, 1.82) is 0 Å². The first kappa shape index (κ1) is 16.0. The van der Waals surface area contributed by atoms with Crippen molar-refractivity contribution >= 4 is 23.5 Å². The van der Waals surface area contributed by atoms with Crippen molar-refractivity contribution in [3.8, 4) is 0 Å². The zero-order valence-electron chi connectivity index (χ0n) is 12.8. The van der Waals surface area contributed by atoms with Crippen LogP contribution in [0.5, 0.6) is 0 Å². The number of halogens is 2. The summed E-state index contributed by atoms with van der Waals surface area (Å²) in [5.74, 6) is -2.35. The van der Waals surface area contributed by atoms with E-state index in [1.807, 2.05) is 0 Å². The van der Waals surface area contributed by atoms with Gasteiger partial charge in [0.25, 0.3) is 5.91 Å². The minimum absolute atomic E-state index is 0.0213. The number of carbonyl (C=O) groups is 2.